The normalized spacial score (nSPS) is 9.91. The Hall–Kier alpha value is 0.190. The van der Waals surface area contributed by atoms with Gasteiger partial charge < -0.3 is 20.2 Å². The zero-order valence-corrected chi connectivity index (χ0v) is 15.2. The van der Waals surface area contributed by atoms with Crippen LogP contribution in [0.25, 0.3) is 0 Å². The monoisotopic (exact) mass is 346 g/mol. The molecule has 0 aromatic rings. The minimum absolute atomic E-state index is 0. The molecule has 6 heteroatoms. The van der Waals surface area contributed by atoms with Gasteiger partial charge in [0.05, 0.1) is 26.2 Å². The van der Waals surface area contributed by atoms with Crippen LogP contribution in [0.3, 0.4) is 0 Å². The minimum atomic E-state index is -1.83. The average Bonchev–Trinajstić information content (AvgIpc) is 2.45. The van der Waals surface area contributed by atoms with E-state index in [2.05, 4.69) is 27.7 Å². The van der Waals surface area contributed by atoms with Gasteiger partial charge in [0.1, 0.15) is 0 Å². The molecule has 0 saturated heterocycles. The van der Waals surface area contributed by atoms with Gasteiger partial charge in [0.2, 0.25) is 0 Å². The van der Waals surface area contributed by atoms with Crippen LogP contribution >= 0.6 is 0 Å². The number of nitrogens with zero attached hydrogens (tertiary/aromatic N) is 1. The molecule has 0 saturated carbocycles. The SMILES string of the molecule is CCCC[N+](CCCC)(CCCC)CCCC.O.O=C(O)O.[NaH]. The summed E-state index contributed by atoms with van der Waals surface area (Å²) in [6, 6.07) is 0. The second kappa shape index (κ2) is 22.2. The van der Waals surface area contributed by atoms with Gasteiger partial charge in [0, 0.05) is 0 Å². The van der Waals surface area contributed by atoms with E-state index < -0.39 is 6.16 Å². The first kappa shape index (κ1) is 31.0. The number of carboxylic acid groups (broad SMARTS) is 2. The molecule has 0 fully saturated rings. The van der Waals surface area contributed by atoms with Crippen LogP contribution in [0.4, 0.5) is 4.79 Å². The summed E-state index contributed by atoms with van der Waals surface area (Å²) in [5.41, 5.74) is 0. The van der Waals surface area contributed by atoms with Crippen LogP contribution in [0.15, 0.2) is 0 Å². The molecule has 23 heavy (non-hydrogen) atoms. The van der Waals surface area contributed by atoms with E-state index in [4.69, 9.17) is 15.0 Å². The summed E-state index contributed by atoms with van der Waals surface area (Å²) < 4.78 is 1.42. The summed E-state index contributed by atoms with van der Waals surface area (Å²) in [6.07, 6.45) is 9.23. The third-order valence-electron chi connectivity index (χ3n) is 3.94. The number of hydrogen-bond donors (Lipinski definition) is 2. The van der Waals surface area contributed by atoms with Crippen molar-refractivity contribution < 1.29 is 25.0 Å². The fraction of sp³-hybridized carbons (Fsp3) is 0.941. The molecule has 0 aliphatic rings. The van der Waals surface area contributed by atoms with Crippen LogP contribution in [0.1, 0.15) is 79.1 Å². The van der Waals surface area contributed by atoms with Gasteiger partial charge in [-0.3, -0.25) is 0 Å². The number of rotatable bonds is 12. The van der Waals surface area contributed by atoms with E-state index in [1.807, 2.05) is 0 Å². The van der Waals surface area contributed by atoms with E-state index in [1.165, 1.54) is 82.0 Å². The maximum atomic E-state index is 8.56. The van der Waals surface area contributed by atoms with Crippen LogP contribution in [0, 0.1) is 0 Å². The van der Waals surface area contributed by atoms with Crippen molar-refractivity contribution in [3.8, 4) is 0 Å². The molecule has 0 heterocycles. The fourth-order valence-corrected chi connectivity index (χ4v) is 2.64. The summed E-state index contributed by atoms with van der Waals surface area (Å²) >= 11 is 0. The molecule has 0 atom stereocenters. The van der Waals surface area contributed by atoms with Crippen molar-refractivity contribution in [2.45, 2.75) is 79.1 Å². The number of quaternary nitrogens is 1. The van der Waals surface area contributed by atoms with E-state index >= 15 is 0 Å². The molecule has 0 aliphatic heterocycles. The molecule has 0 aromatic carbocycles. The predicted octanol–water partition coefficient (Wildman–Crippen LogP) is 3.75. The van der Waals surface area contributed by atoms with Crippen molar-refractivity contribution in [1.82, 2.24) is 0 Å². The molecule has 5 nitrogen and oxygen atoms in total. The zero-order valence-electron chi connectivity index (χ0n) is 15.2. The number of carbonyl (C=O) groups is 1. The summed E-state index contributed by atoms with van der Waals surface area (Å²) in [4.78, 5) is 8.56. The number of hydrogen-bond acceptors (Lipinski definition) is 1. The molecule has 0 radical (unpaired) electrons. The van der Waals surface area contributed by atoms with Crippen molar-refractivity contribution in [3.05, 3.63) is 0 Å². The van der Waals surface area contributed by atoms with Crippen LogP contribution in [0.5, 0.6) is 0 Å². The van der Waals surface area contributed by atoms with Gasteiger partial charge in [0.15, 0.2) is 0 Å². The van der Waals surface area contributed by atoms with Crippen LogP contribution < -0.4 is 0 Å². The first-order valence-corrected chi connectivity index (χ1v) is 8.74. The molecule has 0 unspecified atom stereocenters. The first-order chi connectivity index (χ1) is 9.97. The Bertz CT molecular complexity index is 199. The Balaban J connectivity index is -0.000000268. The molecular formula is C17H41NNaO4+. The first-order valence-electron chi connectivity index (χ1n) is 8.74. The Morgan fingerprint density at radius 2 is 0.870 bits per heavy atom. The molecule has 0 amide bonds. The number of unbranched alkanes of at least 4 members (excludes halogenated alkanes) is 4. The van der Waals surface area contributed by atoms with Crippen molar-refractivity contribution in [3.63, 3.8) is 0 Å². The van der Waals surface area contributed by atoms with Gasteiger partial charge in [-0.1, -0.05) is 53.4 Å². The summed E-state index contributed by atoms with van der Waals surface area (Å²) in [5.74, 6) is 0. The molecular weight excluding hydrogens is 305 g/mol. The van der Waals surface area contributed by atoms with Crippen molar-refractivity contribution >= 4 is 35.7 Å². The molecule has 0 rings (SSSR count). The average molecular weight is 347 g/mol. The second-order valence-electron chi connectivity index (χ2n) is 5.93. The maximum absolute atomic E-state index is 8.56. The second-order valence-corrected chi connectivity index (χ2v) is 5.93. The Morgan fingerprint density at radius 3 is 1.00 bits per heavy atom. The predicted molar refractivity (Wildman–Crippen MR) is 101 cm³/mol. The summed E-state index contributed by atoms with van der Waals surface area (Å²) in [5, 5.41) is 13.9. The van der Waals surface area contributed by atoms with Crippen LogP contribution in [0.2, 0.25) is 0 Å². The van der Waals surface area contributed by atoms with Crippen molar-refractivity contribution in [2.75, 3.05) is 26.2 Å². The van der Waals surface area contributed by atoms with E-state index in [-0.39, 0.29) is 35.0 Å². The van der Waals surface area contributed by atoms with Gasteiger partial charge in [-0.25, -0.2) is 4.79 Å². The van der Waals surface area contributed by atoms with E-state index in [9.17, 15) is 0 Å². The zero-order chi connectivity index (χ0) is 16.6. The van der Waals surface area contributed by atoms with Gasteiger partial charge in [0.25, 0.3) is 0 Å². The van der Waals surface area contributed by atoms with Crippen molar-refractivity contribution in [2.24, 2.45) is 0 Å². The van der Waals surface area contributed by atoms with Crippen molar-refractivity contribution in [1.29, 1.82) is 0 Å². The van der Waals surface area contributed by atoms with Crippen LogP contribution in [-0.2, 0) is 0 Å². The van der Waals surface area contributed by atoms with E-state index in [1.54, 1.807) is 0 Å². The Labute approximate surface area is 165 Å². The molecule has 4 N–H and O–H groups in total. The molecule has 0 bridgehead atoms. The van der Waals surface area contributed by atoms with E-state index in [0.29, 0.717) is 0 Å². The van der Waals surface area contributed by atoms with Gasteiger partial charge in [-0.15, -0.1) is 0 Å². The quantitative estimate of drug-likeness (QED) is 0.416. The van der Waals surface area contributed by atoms with Gasteiger partial charge in [-0.2, -0.15) is 0 Å². The third kappa shape index (κ3) is 22.2. The van der Waals surface area contributed by atoms with E-state index in [0.717, 1.165) is 0 Å². The third-order valence-corrected chi connectivity index (χ3v) is 3.94. The van der Waals surface area contributed by atoms with Gasteiger partial charge in [-0.05, 0) is 25.7 Å². The summed E-state index contributed by atoms with van der Waals surface area (Å²) in [6.45, 7) is 15.0. The Kier molecular flexibility index (Phi) is 29.9. The molecule has 0 aromatic heterocycles. The topological polar surface area (TPSA) is 89.0 Å². The fourth-order valence-electron chi connectivity index (χ4n) is 2.64. The van der Waals surface area contributed by atoms with Gasteiger partial charge >= 0.3 is 35.7 Å². The van der Waals surface area contributed by atoms with Crippen LogP contribution in [-0.4, -0.2) is 82.1 Å². The molecule has 0 spiro atoms. The summed E-state index contributed by atoms with van der Waals surface area (Å²) in [7, 11) is 0. The molecule has 138 valence electrons. The Morgan fingerprint density at radius 1 is 0.696 bits per heavy atom. The molecule has 0 aliphatic carbocycles. The standard InChI is InChI=1S/C16H36N.CH2O3.Na.H2O.H/c1-5-9-13-17(14-10-6-2,15-11-7-3)16-12-8-4;2-1(3)4;;;/h5-16H2,1-4H3;(H2,2,3,4);;1H2;/q+1;;;;.